The van der Waals surface area contributed by atoms with Gasteiger partial charge in [-0.15, -0.1) is 0 Å². The lowest BCUT2D eigenvalue weighted by atomic mass is 9.86. The predicted molar refractivity (Wildman–Crippen MR) is 288 cm³/mol. The predicted octanol–water partition coefficient (Wildman–Crippen LogP) is 18.0. The largest absolute Gasteiger partial charge is 0.307 e. The molecular formula is C66H40N2. The molecular weight excluding hydrogens is 821 g/mol. The molecule has 0 bridgehead atoms. The Bertz CT molecular complexity index is 4040. The summed E-state index contributed by atoms with van der Waals surface area (Å²) >= 11 is 0. The summed E-state index contributed by atoms with van der Waals surface area (Å²) in [6.07, 6.45) is 0. The van der Waals surface area contributed by atoms with Crippen LogP contribution in [0.2, 0.25) is 0 Å². The van der Waals surface area contributed by atoms with Gasteiger partial charge in [-0.25, -0.2) is 0 Å². The number of hydrogen-bond acceptors (Lipinski definition) is 0. The van der Waals surface area contributed by atoms with Crippen molar-refractivity contribution in [2.45, 2.75) is 0 Å². The Morgan fingerprint density at radius 1 is 0.191 bits per heavy atom. The van der Waals surface area contributed by atoms with Gasteiger partial charge in [-0.2, -0.15) is 0 Å². The van der Waals surface area contributed by atoms with Crippen LogP contribution in [0.1, 0.15) is 0 Å². The molecule has 15 aromatic rings. The van der Waals surface area contributed by atoms with E-state index < -0.39 is 0 Å². The Morgan fingerprint density at radius 3 is 0.809 bits per heavy atom. The summed E-state index contributed by atoms with van der Waals surface area (Å²) in [6.45, 7) is 0. The van der Waals surface area contributed by atoms with Crippen molar-refractivity contribution in [2.24, 2.45) is 0 Å². The lowest BCUT2D eigenvalue weighted by Gasteiger charge is -2.17. The van der Waals surface area contributed by atoms with Crippen molar-refractivity contribution in [1.29, 1.82) is 0 Å². The fourth-order valence-corrected chi connectivity index (χ4v) is 12.2. The van der Waals surface area contributed by atoms with Crippen molar-refractivity contribution < 1.29 is 0 Å². The summed E-state index contributed by atoms with van der Waals surface area (Å²) in [6, 6.07) is 89.6. The average Bonchev–Trinajstić information content (AvgIpc) is 4.15. The zero-order valence-corrected chi connectivity index (χ0v) is 37.0. The normalized spacial score (nSPS) is 12.1. The molecule has 0 spiro atoms. The number of benzene rings is 11. The molecule has 11 aromatic carbocycles. The first-order valence-corrected chi connectivity index (χ1v) is 23.6. The first-order chi connectivity index (χ1) is 33.8. The Balaban J connectivity index is 1.15. The second-order valence-electron chi connectivity index (χ2n) is 18.2. The molecule has 0 saturated carbocycles. The van der Waals surface area contributed by atoms with Crippen LogP contribution >= 0.6 is 0 Å². The lowest BCUT2D eigenvalue weighted by molar-refractivity contribution is 1.37. The van der Waals surface area contributed by atoms with Crippen molar-refractivity contribution in [2.75, 3.05) is 0 Å². The minimum atomic E-state index is 1.20. The van der Waals surface area contributed by atoms with Gasteiger partial charge in [0.1, 0.15) is 0 Å². The molecule has 0 saturated heterocycles. The molecule has 2 nitrogen and oxygen atoms in total. The number of hydrogen-bond donors (Lipinski definition) is 0. The van der Waals surface area contributed by atoms with Crippen LogP contribution in [0.5, 0.6) is 0 Å². The number of aromatic nitrogens is 2. The van der Waals surface area contributed by atoms with Gasteiger partial charge in [0.05, 0.1) is 33.1 Å². The van der Waals surface area contributed by atoms with E-state index in [2.05, 4.69) is 251 Å². The van der Waals surface area contributed by atoms with Gasteiger partial charge in [0.2, 0.25) is 0 Å². The molecule has 0 aliphatic carbocycles. The maximum absolute atomic E-state index is 2.63. The minimum absolute atomic E-state index is 1.20. The first-order valence-electron chi connectivity index (χ1n) is 23.6. The van der Waals surface area contributed by atoms with E-state index in [1.54, 1.807) is 0 Å². The van der Waals surface area contributed by atoms with Crippen molar-refractivity contribution >= 4 is 76.2 Å². The molecule has 0 fully saturated rings. The molecule has 0 unspecified atom stereocenters. The summed E-state index contributed by atoms with van der Waals surface area (Å²) in [5.74, 6) is 0. The van der Waals surface area contributed by atoms with Crippen LogP contribution in [0, 0.1) is 0 Å². The third-order valence-corrected chi connectivity index (χ3v) is 14.8. The fraction of sp³-hybridized carbons (Fsp3) is 0. The van der Waals surface area contributed by atoms with Gasteiger partial charge >= 0.3 is 0 Å². The molecule has 2 heteroatoms. The standard InChI is InChI=1S/C66H40N2/c1-5-21-41(22-6-1)45-31-17-32-46(42-23-7-2-8-24-42)57(45)51-35-19-37-53-61-59-50-30-14-16-40-56(50)68-64-52(58-47(43-25-9-3-10-26-43)33-18-34-48(58)44-27-11-4-12-28-44)36-20-38-54(64)62(66(59)68)60-49-29-13-15-39-55(49)67(63(51)53)65(60)61/h1-40H. The molecule has 4 aromatic heterocycles. The Morgan fingerprint density at radius 2 is 0.456 bits per heavy atom. The van der Waals surface area contributed by atoms with Gasteiger partial charge in [0, 0.05) is 54.2 Å². The van der Waals surface area contributed by atoms with Crippen LogP contribution in [-0.4, -0.2) is 8.80 Å². The summed E-state index contributed by atoms with van der Waals surface area (Å²) in [7, 11) is 0. The zero-order chi connectivity index (χ0) is 44.5. The van der Waals surface area contributed by atoms with E-state index in [0.29, 0.717) is 0 Å². The van der Waals surface area contributed by atoms with Crippen molar-refractivity contribution in [1.82, 2.24) is 8.80 Å². The Hall–Kier alpha value is -8.98. The highest BCUT2D eigenvalue weighted by Crippen LogP contribution is 2.55. The van der Waals surface area contributed by atoms with Crippen LogP contribution in [0.4, 0.5) is 0 Å². The minimum Gasteiger partial charge on any atom is -0.307 e. The van der Waals surface area contributed by atoms with Gasteiger partial charge in [-0.3, -0.25) is 0 Å². The molecule has 0 aliphatic rings. The smallest absolute Gasteiger partial charge is 0.0634 e. The van der Waals surface area contributed by atoms with Gasteiger partial charge in [-0.05, 0) is 67.8 Å². The maximum atomic E-state index is 2.63. The Labute approximate surface area is 392 Å². The molecule has 15 rings (SSSR count). The summed E-state index contributed by atoms with van der Waals surface area (Å²) < 4.78 is 5.26. The molecule has 0 N–H and O–H groups in total. The molecule has 0 amide bonds. The zero-order valence-electron chi connectivity index (χ0n) is 37.0. The molecule has 68 heavy (non-hydrogen) atoms. The Kier molecular flexibility index (Phi) is 7.81. The highest BCUT2D eigenvalue weighted by molar-refractivity contribution is 6.46. The van der Waals surface area contributed by atoms with E-state index in [0.717, 1.165) is 0 Å². The summed E-state index contributed by atoms with van der Waals surface area (Å²) in [4.78, 5) is 0. The average molecular weight is 861 g/mol. The number of nitrogens with zero attached hydrogens (tertiary/aromatic N) is 2. The number of fused-ring (bicyclic) bond motifs is 14. The van der Waals surface area contributed by atoms with E-state index in [1.807, 2.05) is 0 Å². The SMILES string of the molecule is c1ccc(-c2cccc(-c3ccccc3)c2-c2cccc3c4c5c6ccccc6n6c7c(-c8c(-c9ccccc9)cccc8-c8ccccc8)cccc7c(c7c8ccccc8n(c23)c74)c56)cc1. The van der Waals surface area contributed by atoms with Crippen LogP contribution in [0.25, 0.3) is 143 Å². The van der Waals surface area contributed by atoms with Crippen molar-refractivity contribution in [3.05, 3.63) is 243 Å². The lowest BCUT2D eigenvalue weighted by Crippen LogP contribution is -1.93. The van der Waals surface area contributed by atoms with Crippen molar-refractivity contribution in [3.63, 3.8) is 0 Å². The van der Waals surface area contributed by atoms with Crippen molar-refractivity contribution in [3.8, 4) is 66.8 Å². The fourth-order valence-electron chi connectivity index (χ4n) is 12.2. The van der Waals surface area contributed by atoms with Crippen LogP contribution in [-0.2, 0) is 0 Å². The van der Waals surface area contributed by atoms with E-state index in [-0.39, 0.29) is 0 Å². The third-order valence-electron chi connectivity index (χ3n) is 14.8. The molecule has 4 heterocycles. The summed E-state index contributed by atoms with van der Waals surface area (Å²) in [5, 5.41) is 10.3. The molecule has 0 aliphatic heterocycles. The van der Waals surface area contributed by atoms with Crippen LogP contribution in [0.15, 0.2) is 243 Å². The molecule has 314 valence electrons. The van der Waals surface area contributed by atoms with E-state index in [4.69, 9.17) is 0 Å². The highest BCUT2D eigenvalue weighted by Gasteiger charge is 2.31. The van der Waals surface area contributed by atoms with Gasteiger partial charge in [0.15, 0.2) is 0 Å². The van der Waals surface area contributed by atoms with E-state index in [1.165, 1.54) is 143 Å². The monoisotopic (exact) mass is 860 g/mol. The molecule has 0 atom stereocenters. The van der Waals surface area contributed by atoms with Gasteiger partial charge in [0.25, 0.3) is 0 Å². The quantitative estimate of drug-likeness (QED) is 0.157. The second-order valence-corrected chi connectivity index (χ2v) is 18.2. The summed E-state index contributed by atoms with van der Waals surface area (Å²) in [5.41, 5.74) is 22.1. The van der Waals surface area contributed by atoms with Gasteiger partial charge in [-0.1, -0.05) is 231 Å². The second kappa shape index (κ2) is 14.3. The highest BCUT2D eigenvalue weighted by atomic mass is 14.9. The number of para-hydroxylation sites is 4. The van der Waals surface area contributed by atoms with Crippen LogP contribution in [0.3, 0.4) is 0 Å². The maximum Gasteiger partial charge on any atom is 0.0634 e. The van der Waals surface area contributed by atoms with E-state index >= 15 is 0 Å². The topological polar surface area (TPSA) is 8.82 Å². The van der Waals surface area contributed by atoms with Crippen LogP contribution < -0.4 is 0 Å². The number of rotatable bonds is 6. The first kappa shape index (κ1) is 37.3. The molecule has 0 radical (unpaired) electrons. The van der Waals surface area contributed by atoms with E-state index in [9.17, 15) is 0 Å². The van der Waals surface area contributed by atoms with Gasteiger partial charge < -0.3 is 8.80 Å². The third kappa shape index (κ3) is 5.01.